The smallest absolute Gasteiger partial charge is 0.141 e. The third-order valence-electron chi connectivity index (χ3n) is 7.87. The lowest BCUT2D eigenvalue weighted by molar-refractivity contribution is -0.151. The lowest BCUT2D eigenvalue weighted by Gasteiger charge is -2.59. The standard InChI is InChI=1S/C20H32O4/c1-18(17(24)11-21)8-6-14-13(10-18)4-5-15-19(14,2)9-7-16(23)20(15,3)12-22/h4,14-15,17,21-22,24H,5-12H2,1-3H3/t14-,15+,17-,18+,19+,20-/m1/s1. The van der Waals surface area contributed by atoms with E-state index >= 15 is 0 Å². The van der Waals surface area contributed by atoms with E-state index in [1.165, 1.54) is 5.57 Å². The highest BCUT2D eigenvalue weighted by molar-refractivity contribution is 5.86. The lowest BCUT2D eigenvalue weighted by atomic mass is 9.45. The van der Waals surface area contributed by atoms with Crippen molar-refractivity contribution in [3.8, 4) is 0 Å². The summed E-state index contributed by atoms with van der Waals surface area (Å²) in [5.74, 6) is 0.826. The van der Waals surface area contributed by atoms with Gasteiger partial charge in [-0.25, -0.2) is 0 Å². The number of hydrogen-bond acceptors (Lipinski definition) is 4. The van der Waals surface area contributed by atoms with Gasteiger partial charge in [0.25, 0.3) is 0 Å². The molecule has 4 heteroatoms. The van der Waals surface area contributed by atoms with E-state index in [0.29, 0.717) is 12.3 Å². The largest absolute Gasteiger partial charge is 0.395 e. The Morgan fingerprint density at radius 3 is 2.58 bits per heavy atom. The highest BCUT2D eigenvalue weighted by Gasteiger charge is 2.58. The van der Waals surface area contributed by atoms with Crippen LogP contribution in [0.3, 0.4) is 0 Å². The SMILES string of the molecule is C[C@]1([C@H](O)CO)CC[C@@H]2C(=CC[C@H]3[C@@]2(C)CCC(=O)[C@]3(C)CO)C1. The Hall–Kier alpha value is -0.710. The van der Waals surface area contributed by atoms with E-state index in [9.17, 15) is 20.1 Å². The molecule has 3 N–H and O–H groups in total. The van der Waals surface area contributed by atoms with Crippen molar-refractivity contribution in [1.29, 1.82) is 0 Å². The molecule has 0 bridgehead atoms. The molecule has 2 fully saturated rings. The minimum atomic E-state index is -0.680. The van der Waals surface area contributed by atoms with E-state index in [0.717, 1.165) is 32.1 Å². The number of carbonyl (C=O) groups is 1. The van der Waals surface area contributed by atoms with Crippen molar-refractivity contribution >= 4 is 5.78 Å². The number of Topliss-reactive ketones (excluding diaryl/α,β-unsaturated/α-hetero) is 1. The third-order valence-corrected chi connectivity index (χ3v) is 7.87. The zero-order chi connectivity index (χ0) is 17.8. The topological polar surface area (TPSA) is 77.8 Å². The Bertz CT molecular complexity index is 556. The zero-order valence-electron chi connectivity index (χ0n) is 15.2. The van der Waals surface area contributed by atoms with Crippen molar-refractivity contribution in [3.63, 3.8) is 0 Å². The predicted octanol–water partition coefficient (Wildman–Crippen LogP) is 2.46. The molecule has 0 heterocycles. The summed E-state index contributed by atoms with van der Waals surface area (Å²) >= 11 is 0. The van der Waals surface area contributed by atoms with Gasteiger partial charge in [0.15, 0.2) is 0 Å². The van der Waals surface area contributed by atoms with Gasteiger partial charge in [-0.2, -0.15) is 0 Å². The third kappa shape index (κ3) is 2.41. The van der Waals surface area contributed by atoms with E-state index in [-0.39, 0.29) is 35.7 Å². The van der Waals surface area contributed by atoms with Crippen molar-refractivity contribution < 1.29 is 20.1 Å². The van der Waals surface area contributed by atoms with Crippen LogP contribution < -0.4 is 0 Å². The summed E-state index contributed by atoms with van der Waals surface area (Å²) in [5, 5.41) is 29.6. The fourth-order valence-electron chi connectivity index (χ4n) is 5.99. The molecule has 3 rings (SSSR count). The second kappa shape index (κ2) is 5.93. The highest BCUT2D eigenvalue weighted by atomic mass is 16.3. The number of rotatable bonds is 3. The van der Waals surface area contributed by atoms with E-state index < -0.39 is 11.5 Å². The predicted molar refractivity (Wildman–Crippen MR) is 92.3 cm³/mol. The average Bonchev–Trinajstić information content (AvgIpc) is 2.57. The number of aliphatic hydroxyl groups excluding tert-OH is 3. The molecule has 0 aromatic carbocycles. The first-order valence-electron chi connectivity index (χ1n) is 9.33. The molecule has 0 saturated heterocycles. The quantitative estimate of drug-likeness (QED) is 0.692. The minimum Gasteiger partial charge on any atom is -0.395 e. The van der Waals surface area contributed by atoms with Crippen molar-refractivity contribution in [2.45, 2.75) is 65.4 Å². The molecular weight excluding hydrogens is 304 g/mol. The maximum atomic E-state index is 12.5. The monoisotopic (exact) mass is 336 g/mol. The summed E-state index contributed by atoms with van der Waals surface area (Å²) in [7, 11) is 0. The van der Waals surface area contributed by atoms with Crippen LogP contribution in [0, 0.1) is 28.1 Å². The average molecular weight is 336 g/mol. The first-order valence-corrected chi connectivity index (χ1v) is 9.33. The van der Waals surface area contributed by atoms with Crippen LogP contribution in [0.15, 0.2) is 11.6 Å². The zero-order valence-corrected chi connectivity index (χ0v) is 15.2. The van der Waals surface area contributed by atoms with Gasteiger partial charge >= 0.3 is 0 Å². The first kappa shape index (κ1) is 18.1. The molecule has 136 valence electrons. The van der Waals surface area contributed by atoms with Crippen molar-refractivity contribution in [2.24, 2.45) is 28.1 Å². The number of allylic oxidation sites excluding steroid dienone is 2. The molecule has 3 aliphatic carbocycles. The van der Waals surface area contributed by atoms with Crippen LogP contribution in [-0.4, -0.2) is 40.4 Å². The molecule has 6 atom stereocenters. The van der Waals surface area contributed by atoms with Gasteiger partial charge in [0, 0.05) is 6.42 Å². The maximum absolute atomic E-state index is 12.5. The Morgan fingerprint density at radius 1 is 1.25 bits per heavy atom. The van der Waals surface area contributed by atoms with Crippen molar-refractivity contribution in [2.75, 3.05) is 13.2 Å². The van der Waals surface area contributed by atoms with Crippen LogP contribution >= 0.6 is 0 Å². The number of ketones is 1. The molecule has 24 heavy (non-hydrogen) atoms. The van der Waals surface area contributed by atoms with Gasteiger partial charge in [0.05, 0.1) is 24.7 Å². The Morgan fingerprint density at radius 2 is 1.96 bits per heavy atom. The van der Waals surface area contributed by atoms with E-state index in [4.69, 9.17) is 0 Å². The van der Waals surface area contributed by atoms with Gasteiger partial charge in [0.1, 0.15) is 5.78 Å². The van der Waals surface area contributed by atoms with Crippen molar-refractivity contribution in [3.05, 3.63) is 11.6 Å². The van der Waals surface area contributed by atoms with Gasteiger partial charge in [-0.1, -0.05) is 32.4 Å². The Kier molecular flexibility index (Phi) is 4.47. The van der Waals surface area contributed by atoms with E-state index in [1.54, 1.807) is 0 Å². The molecule has 2 saturated carbocycles. The van der Waals surface area contributed by atoms with Crippen LogP contribution in [0.4, 0.5) is 0 Å². The normalized spacial score (nSPS) is 46.8. The van der Waals surface area contributed by atoms with Crippen LogP contribution in [-0.2, 0) is 4.79 Å². The number of carbonyl (C=O) groups excluding carboxylic acids is 1. The van der Waals surface area contributed by atoms with Gasteiger partial charge in [-0.05, 0) is 54.8 Å². The summed E-state index contributed by atoms with van der Waals surface area (Å²) in [6.07, 6.45) is 6.58. The number of aliphatic hydroxyl groups is 3. The Labute approximate surface area is 145 Å². The molecule has 4 nitrogen and oxygen atoms in total. The molecule has 0 unspecified atom stereocenters. The molecule has 0 aromatic rings. The van der Waals surface area contributed by atoms with Crippen LogP contribution in [0.5, 0.6) is 0 Å². The molecule has 0 spiro atoms. The van der Waals surface area contributed by atoms with E-state index in [2.05, 4.69) is 19.9 Å². The summed E-state index contributed by atoms with van der Waals surface area (Å²) < 4.78 is 0. The van der Waals surface area contributed by atoms with Gasteiger partial charge < -0.3 is 15.3 Å². The lowest BCUT2D eigenvalue weighted by Crippen LogP contribution is -2.56. The number of fused-ring (bicyclic) bond motifs is 3. The molecule has 0 radical (unpaired) electrons. The summed E-state index contributed by atoms with van der Waals surface area (Å²) in [6.45, 7) is 6.06. The summed E-state index contributed by atoms with van der Waals surface area (Å²) in [5.41, 5.74) is 0.552. The second-order valence-electron chi connectivity index (χ2n) is 9.19. The molecule has 0 aliphatic heterocycles. The second-order valence-corrected chi connectivity index (χ2v) is 9.19. The fourth-order valence-corrected chi connectivity index (χ4v) is 5.99. The molecule has 0 amide bonds. The van der Waals surface area contributed by atoms with Crippen LogP contribution in [0.1, 0.15) is 59.3 Å². The highest BCUT2D eigenvalue weighted by Crippen LogP contribution is 2.62. The van der Waals surface area contributed by atoms with Gasteiger partial charge in [-0.15, -0.1) is 0 Å². The Balaban J connectivity index is 1.93. The van der Waals surface area contributed by atoms with Crippen molar-refractivity contribution in [1.82, 2.24) is 0 Å². The first-order chi connectivity index (χ1) is 11.2. The summed E-state index contributed by atoms with van der Waals surface area (Å²) in [4.78, 5) is 12.5. The maximum Gasteiger partial charge on any atom is 0.141 e. The van der Waals surface area contributed by atoms with Crippen LogP contribution in [0.25, 0.3) is 0 Å². The van der Waals surface area contributed by atoms with Gasteiger partial charge in [0.2, 0.25) is 0 Å². The van der Waals surface area contributed by atoms with E-state index in [1.807, 2.05) is 6.92 Å². The minimum absolute atomic E-state index is 0.0426. The molecule has 0 aromatic heterocycles. The fraction of sp³-hybridized carbons (Fsp3) is 0.850. The number of hydrogen-bond donors (Lipinski definition) is 3. The molecular formula is C20H32O4. The van der Waals surface area contributed by atoms with Gasteiger partial charge in [-0.3, -0.25) is 4.79 Å². The summed E-state index contributed by atoms with van der Waals surface area (Å²) in [6, 6.07) is 0. The van der Waals surface area contributed by atoms with Crippen LogP contribution in [0.2, 0.25) is 0 Å². The molecule has 3 aliphatic rings.